The minimum absolute atomic E-state index is 0. The monoisotopic (exact) mass is 115 g/mol. The molecule has 0 spiro atoms. The Labute approximate surface area is 46.3 Å². The van der Waals surface area contributed by atoms with Crippen LogP contribution in [0, 0.1) is 0 Å². The van der Waals surface area contributed by atoms with Crippen molar-refractivity contribution in [2.24, 2.45) is 5.84 Å². The molecule has 0 bridgehead atoms. The number of H-pyrrole nitrogens is 2. The first-order valence-electron chi connectivity index (χ1n) is 2.07. The summed E-state index contributed by atoms with van der Waals surface area (Å²) >= 11 is 0. The Morgan fingerprint density at radius 3 is 2.75 bits per heavy atom. The molecular weight excluding hydrogens is 108 g/mol. The van der Waals surface area contributed by atoms with E-state index >= 15 is 0 Å². The van der Waals surface area contributed by atoms with Crippen LogP contribution in [0.3, 0.4) is 0 Å². The first-order chi connectivity index (χ1) is 3.83. The van der Waals surface area contributed by atoms with Gasteiger partial charge in [-0.05, 0) is 0 Å². The molecule has 0 radical (unpaired) electrons. The second-order valence-corrected chi connectivity index (χ2v) is 1.32. The summed E-state index contributed by atoms with van der Waals surface area (Å²) in [4.78, 5) is 10.3. The minimum atomic E-state index is -0.196. The van der Waals surface area contributed by atoms with Gasteiger partial charge >= 0.3 is 1.43 Å². The van der Waals surface area contributed by atoms with E-state index in [1.54, 1.807) is 0 Å². The van der Waals surface area contributed by atoms with Gasteiger partial charge in [-0.1, -0.05) is 0 Å². The van der Waals surface area contributed by atoms with Crippen LogP contribution in [0.2, 0.25) is 0 Å². The van der Waals surface area contributed by atoms with Gasteiger partial charge in [0.05, 0.1) is 0 Å². The van der Waals surface area contributed by atoms with Gasteiger partial charge in [0.2, 0.25) is 0 Å². The fourth-order valence-electron chi connectivity index (χ4n) is 0.410. The topological polar surface area (TPSA) is 86.7 Å². The van der Waals surface area contributed by atoms with Crippen LogP contribution < -0.4 is 16.8 Å². The van der Waals surface area contributed by atoms with Crippen LogP contribution in [0.15, 0.2) is 10.9 Å². The standard InChI is InChI=1S/C3H6N4O/c4-5-2-1-3(8)7-6-2/h1H,4H2,(H3,5,6,7,8)/p+1. The lowest BCUT2D eigenvalue weighted by atomic mass is 10.6. The second kappa shape index (κ2) is 1.71. The molecule has 0 aliphatic carbocycles. The number of aromatic nitrogens is 2. The lowest BCUT2D eigenvalue weighted by Crippen LogP contribution is -2.06. The van der Waals surface area contributed by atoms with Gasteiger partial charge in [-0.3, -0.25) is 15.0 Å². The van der Waals surface area contributed by atoms with Gasteiger partial charge in [0.15, 0.2) is 0 Å². The van der Waals surface area contributed by atoms with Crippen LogP contribution in [0.5, 0.6) is 0 Å². The maximum atomic E-state index is 10.3. The van der Waals surface area contributed by atoms with Crippen molar-refractivity contribution in [1.82, 2.24) is 10.2 Å². The summed E-state index contributed by atoms with van der Waals surface area (Å²) < 4.78 is 0. The van der Waals surface area contributed by atoms with Crippen molar-refractivity contribution in [3.63, 3.8) is 0 Å². The molecule has 0 unspecified atom stereocenters. The normalized spacial score (nSPS) is 9.12. The van der Waals surface area contributed by atoms with E-state index in [1.807, 2.05) is 0 Å². The first-order valence-corrected chi connectivity index (χ1v) is 2.07. The Bertz CT molecular complexity index is 216. The van der Waals surface area contributed by atoms with Crippen LogP contribution in [0.1, 0.15) is 1.43 Å². The summed E-state index contributed by atoms with van der Waals surface area (Å²) in [5, 5.41) is 4.78. The number of hydrogen-bond acceptors (Lipinski definition) is 3. The molecule has 5 heteroatoms. The van der Waals surface area contributed by atoms with E-state index in [-0.39, 0.29) is 6.99 Å². The number of nitrogens with one attached hydrogen (secondary N) is 3. The lowest BCUT2D eigenvalue weighted by Gasteiger charge is -1.86. The van der Waals surface area contributed by atoms with Gasteiger partial charge in [-0.2, -0.15) is 0 Å². The fraction of sp³-hybridized carbons (Fsp3) is 0. The van der Waals surface area contributed by atoms with Crippen molar-refractivity contribution in [3.05, 3.63) is 16.4 Å². The average Bonchev–Trinajstić information content (AvgIpc) is 2.14. The summed E-state index contributed by atoms with van der Waals surface area (Å²) in [7, 11) is 0. The lowest BCUT2D eigenvalue weighted by molar-refractivity contribution is 1.05. The number of hydrogen-bond donors (Lipinski definition) is 4. The fourth-order valence-corrected chi connectivity index (χ4v) is 0.410. The van der Waals surface area contributed by atoms with Gasteiger partial charge in [0.25, 0.3) is 5.56 Å². The van der Waals surface area contributed by atoms with Crippen LogP contribution >= 0.6 is 0 Å². The van der Waals surface area contributed by atoms with Crippen molar-refractivity contribution in [3.8, 4) is 0 Å². The molecule has 1 heterocycles. The molecule has 0 aromatic carbocycles. The molecule has 8 heavy (non-hydrogen) atoms. The van der Waals surface area contributed by atoms with E-state index in [0.717, 1.165) is 0 Å². The third-order valence-electron chi connectivity index (χ3n) is 0.751. The van der Waals surface area contributed by atoms with Gasteiger partial charge < -0.3 is 5.43 Å². The zero-order valence-electron chi connectivity index (χ0n) is 5.06. The Balaban J connectivity index is 0.000000640. The van der Waals surface area contributed by atoms with E-state index in [9.17, 15) is 4.79 Å². The highest BCUT2D eigenvalue weighted by atomic mass is 16.1. The summed E-state index contributed by atoms with van der Waals surface area (Å²) in [6, 6.07) is 1.32. The smallest absolute Gasteiger partial charge is 0.309 e. The van der Waals surface area contributed by atoms with Crippen LogP contribution in [-0.4, -0.2) is 10.2 Å². The molecule has 44 valence electrons. The third kappa shape index (κ3) is 0.710. The molecule has 0 saturated heterocycles. The van der Waals surface area contributed by atoms with E-state index in [1.165, 1.54) is 6.07 Å². The van der Waals surface area contributed by atoms with E-state index in [0.29, 0.717) is 5.82 Å². The van der Waals surface area contributed by atoms with E-state index in [4.69, 9.17) is 5.84 Å². The average molecular weight is 115 g/mol. The molecule has 1 aromatic heterocycles. The molecule has 0 aliphatic rings. The zero-order valence-corrected chi connectivity index (χ0v) is 4.06. The Hall–Kier alpha value is -1.23. The maximum Gasteiger partial charge on any atom is 1.00 e. The van der Waals surface area contributed by atoms with Crippen molar-refractivity contribution in [2.45, 2.75) is 0 Å². The van der Waals surface area contributed by atoms with E-state index in [2.05, 4.69) is 15.6 Å². The highest BCUT2D eigenvalue weighted by molar-refractivity contribution is 5.28. The van der Waals surface area contributed by atoms with Crippen LogP contribution in [-0.2, 0) is 0 Å². The van der Waals surface area contributed by atoms with Crippen molar-refractivity contribution in [2.75, 3.05) is 5.43 Å². The summed E-state index contributed by atoms with van der Waals surface area (Å²) in [6.45, 7) is 0. The van der Waals surface area contributed by atoms with Crippen molar-refractivity contribution >= 4 is 5.82 Å². The van der Waals surface area contributed by atoms with Crippen LogP contribution in [0.4, 0.5) is 5.82 Å². The molecule has 1 aromatic rings. The number of anilines is 1. The largest absolute Gasteiger partial charge is 1.00 e. The number of nitrogen functional groups attached to an aromatic ring is 1. The zero-order chi connectivity index (χ0) is 5.98. The predicted octanol–water partition coefficient (Wildman–Crippen LogP) is -0.899. The van der Waals surface area contributed by atoms with Crippen molar-refractivity contribution in [1.29, 1.82) is 0 Å². The Kier molecular flexibility index (Phi) is 1.05. The molecule has 0 amide bonds. The summed E-state index contributed by atoms with van der Waals surface area (Å²) in [6.07, 6.45) is 0. The highest BCUT2D eigenvalue weighted by Gasteiger charge is 1.87. The molecular formula is C3H7N4O+. The first kappa shape index (κ1) is 4.92. The molecule has 5 N–H and O–H groups in total. The van der Waals surface area contributed by atoms with Crippen LogP contribution in [0.25, 0.3) is 0 Å². The molecule has 1 rings (SSSR count). The Morgan fingerprint density at radius 1 is 1.75 bits per heavy atom. The molecule has 0 atom stereocenters. The molecule has 5 nitrogen and oxygen atoms in total. The highest BCUT2D eigenvalue weighted by Crippen LogP contribution is 1.87. The maximum absolute atomic E-state index is 10.3. The predicted molar refractivity (Wildman–Crippen MR) is 30.3 cm³/mol. The van der Waals surface area contributed by atoms with Crippen molar-refractivity contribution < 1.29 is 1.43 Å². The Morgan fingerprint density at radius 2 is 2.50 bits per heavy atom. The number of aromatic amines is 2. The van der Waals surface area contributed by atoms with Gasteiger partial charge in [0.1, 0.15) is 5.82 Å². The number of nitrogens with two attached hydrogens (primary N) is 1. The van der Waals surface area contributed by atoms with Gasteiger partial charge in [0, 0.05) is 6.07 Å². The second-order valence-electron chi connectivity index (χ2n) is 1.32. The SMILES string of the molecule is NNc1cc(=O)[nH][nH]1.[H+]. The summed E-state index contributed by atoms with van der Waals surface area (Å²) in [5.41, 5.74) is 2.06. The minimum Gasteiger partial charge on any atom is -0.309 e. The molecule has 0 saturated carbocycles. The molecule has 0 fully saturated rings. The van der Waals surface area contributed by atoms with E-state index < -0.39 is 0 Å². The van der Waals surface area contributed by atoms with Gasteiger partial charge in [-0.25, -0.2) is 5.84 Å². The number of rotatable bonds is 1. The number of hydrazine groups is 1. The molecule has 0 aliphatic heterocycles. The summed E-state index contributed by atoms with van der Waals surface area (Å²) in [5.74, 6) is 5.40. The quantitative estimate of drug-likeness (QED) is 0.282. The van der Waals surface area contributed by atoms with Gasteiger partial charge in [-0.15, -0.1) is 0 Å². The third-order valence-corrected chi connectivity index (χ3v) is 0.751.